The van der Waals surface area contributed by atoms with Gasteiger partial charge in [-0.25, -0.2) is 0 Å². The predicted molar refractivity (Wildman–Crippen MR) is 74.8 cm³/mol. The lowest BCUT2D eigenvalue weighted by Crippen LogP contribution is -2.41. The predicted octanol–water partition coefficient (Wildman–Crippen LogP) is 2.90. The number of rotatable bonds is 2. The van der Waals surface area contributed by atoms with E-state index in [2.05, 4.69) is 52.5 Å². The molecule has 2 heterocycles. The minimum absolute atomic E-state index is 0.474. The van der Waals surface area contributed by atoms with Crippen molar-refractivity contribution in [1.29, 1.82) is 0 Å². The van der Waals surface area contributed by atoms with Crippen molar-refractivity contribution in [1.82, 2.24) is 4.98 Å². The summed E-state index contributed by atoms with van der Waals surface area (Å²) in [6.07, 6.45) is 1.86. The molecule has 3 nitrogen and oxygen atoms in total. The van der Waals surface area contributed by atoms with Crippen LogP contribution >= 0.6 is 0 Å². The Morgan fingerprint density at radius 3 is 2.89 bits per heavy atom. The van der Waals surface area contributed by atoms with E-state index in [0.29, 0.717) is 6.04 Å². The largest absolute Gasteiger partial charge is 0.381 e. The van der Waals surface area contributed by atoms with Crippen LogP contribution in [0.4, 0.5) is 11.4 Å². The molecule has 1 aromatic heterocycles. The van der Waals surface area contributed by atoms with E-state index in [4.69, 9.17) is 0 Å². The van der Waals surface area contributed by atoms with E-state index in [1.54, 1.807) is 0 Å². The third kappa shape index (κ3) is 2.04. The second-order valence-corrected chi connectivity index (χ2v) is 4.70. The van der Waals surface area contributed by atoms with Crippen LogP contribution in [0.2, 0.25) is 0 Å². The summed E-state index contributed by atoms with van der Waals surface area (Å²) in [4.78, 5) is 6.83. The number of aromatic nitrogens is 1. The van der Waals surface area contributed by atoms with Crippen LogP contribution in [-0.2, 0) is 6.54 Å². The quantitative estimate of drug-likeness (QED) is 0.873. The van der Waals surface area contributed by atoms with Gasteiger partial charge in [-0.15, -0.1) is 0 Å². The first kappa shape index (κ1) is 11.1. The molecule has 3 rings (SSSR count). The van der Waals surface area contributed by atoms with E-state index in [0.717, 1.165) is 18.8 Å². The fourth-order valence-corrected chi connectivity index (χ4v) is 2.39. The molecule has 0 spiro atoms. The Morgan fingerprint density at radius 1 is 1.22 bits per heavy atom. The lowest BCUT2D eigenvalue weighted by molar-refractivity contribution is 0.635. The maximum absolute atomic E-state index is 4.42. The summed E-state index contributed by atoms with van der Waals surface area (Å²) < 4.78 is 0. The van der Waals surface area contributed by atoms with Crippen LogP contribution in [0.25, 0.3) is 0 Å². The van der Waals surface area contributed by atoms with Crippen LogP contribution in [0, 0.1) is 0 Å². The van der Waals surface area contributed by atoms with Gasteiger partial charge < -0.3 is 10.2 Å². The minimum Gasteiger partial charge on any atom is -0.381 e. The van der Waals surface area contributed by atoms with Crippen molar-refractivity contribution >= 4 is 11.4 Å². The maximum Gasteiger partial charge on any atom is 0.0608 e. The number of hydrogen-bond acceptors (Lipinski definition) is 3. The lowest BCUT2D eigenvalue weighted by Gasteiger charge is -2.37. The molecule has 0 aliphatic carbocycles. The monoisotopic (exact) mass is 239 g/mol. The van der Waals surface area contributed by atoms with E-state index in [1.165, 1.54) is 11.4 Å². The molecule has 1 aliphatic rings. The number of pyridine rings is 1. The molecular weight excluding hydrogens is 222 g/mol. The van der Waals surface area contributed by atoms with Gasteiger partial charge in [-0.05, 0) is 31.2 Å². The van der Waals surface area contributed by atoms with Crippen LogP contribution in [0.1, 0.15) is 12.6 Å². The summed E-state index contributed by atoms with van der Waals surface area (Å²) in [6.45, 7) is 4.08. The van der Waals surface area contributed by atoms with E-state index in [9.17, 15) is 0 Å². The van der Waals surface area contributed by atoms with Gasteiger partial charge in [-0.2, -0.15) is 0 Å². The van der Waals surface area contributed by atoms with Crippen LogP contribution in [0.3, 0.4) is 0 Å². The molecule has 0 amide bonds. The Balaban J connectivity index is 1.91. The zero-order valence-electron chi connectivity index (χ0n) is 10.5. The molecule has 1 aliphatic heterocycles. The summed E-state index contributed by atoms with van der Waals surface area (Å²) in [6, 6.07) is 15.0. The second-order valence-electron chi connectivity index (χ2n) is 4.70. The number of anilines is 2. The summed E-state index contributed by atoms with van der Waals surface area (Å²) >= 11 is 0. The number of nitrogens with zero attached hydrogens (tertiary/aromatic N) is 2. The fourth-order valence-electron chi connectivity index (χ4n) is 2.39. The Morgan fingerprint density at radius 2 is 2.06 bits per heavy atom. The first-order valence-electron chi connectivity index (χ1n) is 6.34. The molecule has 0 fully saturated rings. The summed E-state index contributed by atoms with van der Waals surface area (Å²) in [5.74, 6) is 0. The molecule has 0 radical (unpaired) electrons. The highest BCUT2D eigenvalue weighted by Gasteiger charge is 2.22. The third-order valence-electron chi connectivity index (χ3n) is 3.39. The van der Waals surface area contributed by atoms with Crippen LogP contribution in [-0.4, -0.2) is 17.6 Å². The van der Waals surface area contributed by atoms with Crippen molar-refractivity contribution in [2.24, 2.45) is 0 Å². The van der Waals surface area contributed by atoms with E-state index in [1.807, 2.05) is 18.3 Å². The average molecular weight is 239 g/mol. The molecule has 0 saturated heterocycles. The summed E-state index contributed by atoms with van der Waals surface area (Å²) in [5, 5.41) is 3.47. The molecule has 0 bridgehead atoms. The second kappa shape index (κ2) is 4.69. The molecule has 3 heteroatoms. The SMILES string of the molecule is CC1CNc2ccccc2N1Cc1ccccn1. The maximum atomic E-state index is 4.42. The van der Waals surface area contributed by atoms with Gasteiger partial charge in [0.2, 0.25) is 0 Å². The molecule has 1 N–H and O–H groups in total. The Kier molecular flexibility index (Phi) is 2.89. The van der Waals surface area contributed by atoms with Crippen molar-refractivity contribution in [3.63, 3.8) is 0 Å². The zero-order valence-corrected chi connectivity index (χ0v) is 10.5. The molecule has 18 heavy (non-hydrogen) atoms. The van der Waals surface area contributed by atoms with Gasteiger partial charge in [-0.3, -0.25) is 4.98 Å². The van der Waals surface area contributed by atoms with Crippen molar-refractivity contribution in [2.75, 3.05) is 16.8 Å². The molecule has 1 unspecified atom stereocenters. The minimum atomic E-state index is 0.474. The topological polar surface area (TPSA) is 28.2 Å². The van der Waals surface area contributed by atoms with Crippen molar-refractivity contribution in [2.45, 2.75) is 19.5 Å². The van der Waals surface area contributed by atoms with Gasteiger partial charge in [0.15, 0.2) is 0 Å². The van der Waals surface area contributed by atoms with Crippen molar-refractivity contribution in [3.8, 4) is 0 Å². The van der Waals surface area contributed by atoms with Gasteiger partial charge in [0.25, 0.3) is 0 Å². The van der Waals surface area contributed by atoms with Gasteiger partial charge in [0, 0.05) is 18.8 Å². The third-order valence-corrected chi connectivity index (χ3v) is 3.39. The molecule has 2 aromatic rings. The zero-order chi connectivity index (χ0) is 12.4. The first-order chi connectivity index (χ1) is 8.84. The van der Waals surface area contributed by atoms with E-state index < -0.39 is 0 Å². The van der Waals surface area contributed by atoms with E-state index >= 15 is 0 Å². The van der Waals surface area contributed by atoms with Gasteiger partial charge in [0.05, 0.1) is 23.6 Å². The normalized spacial score (nSPS) is 18.1. The molecule has 0 saturated carbocycles. The van der Waals surface area contributed by atoms with Crippen LogP contribution in [0.5, 0.6) is 0 Å². The Hall–Kier alpha value is -2.03. The van der Waals surface area contributed by atoms with Gasteiger partial charge in [0.1, 0.15) is 0 Å². The lowest BCUT2D eigenvalue weighted by atomic mass is 10.1. The summed E-state index contributed by atoms with van der Waals surface area (Å²) in [5.41, 5.74) is 3.59. The number of nitrogens with one attached hydrogen (secondary N) is 1. The molecule has 1 aromatic carbocycles. The molecule has 92 valence electrons. The van der Waals surface area contributed by atoms with Gasteiger partial charge in [-0.1, -0.05) is 18.2 Å². The van der Waals surface area contributed by atoms with Crippen LogP contribution in [0.15, 0.2) is 48.7 Å². The molecule has 1 atom stereocenters. The smallest absolute Gasteiger partial charge is 0.0608 e. The number of hydrogen-bond donors (Lipinski definition) is 1. The highest BCUT2D eigenvalue weighted by atomic mass is 15.2. The highest BCUT2D eigenvalue weighted by molar-refractivity contribution is 5.72. The van der Waals surface area contributed by atoms with Crippen molar-refractivity contribution < 1.29 is 0 Å². The number of para-hydroxylation sites is 2. The first-order valence-corrected chi connectivity index (χ1v) is 6.34. The van der Waals surface area contributed by atoms with Crippen LogP contribution < -0.4 is 10.2 Å². The van der Waals surface area contributed by atoms with E-state index in [-0.39, 0.29) is 0 Å². The Labute approximate surface area is 107 Å². The highest BCUT2D eigenvalue weighted by Crippen LogP contribution is 2.31. The summed E-state index contributed by atoms with van der Waals surface area (Å²) in [7, 11) is 0. The van der Waals surface area contributed by atoms with Crippen molar-refractivity contribution in [3.05, 3.63) is 54.4 Å². The number of benzene rings is 1. The number of fused-ring (bicyclic) bond motifs is 1. The van der Waals surface area contributed by atoms with Gasteiger partial charge >= 0.3 is 0 Å². The molecular formula is C15H17N3. The Bertz CT molecular complexity index is 524. The fraction of sp³-hybridized carbons (Fsp3) is 0.267. The standard InChI is InChI=1S/C15H17N3/c1-12-10-17-14-7-2-3-8-15(14)18(12)11-13-6-4-5-9-16-13/h2-9,12,17H,10-11H2,1H3. The average Bonchev–Trinajstić information content (AvgIpc) is 2.43.